The third-order valence-electron chi connectivity index (χ3n) is 6.83. The molecule has 184 valence electrons. The minimum absolute atomic E-state index is 0.149. The fourth-order valence-corrected chi connectivity index (χ4v) is 4.89. The number of pyridine rings is 1. The Labute approximate surface area is 221 Å². The number of phenolic OH excluding ortho intramolecular Hbond substituents is 1. The molecule has 6 rings (SSSR count). The lowest BCUT2D eigenvalue weighted by Crippen LogP contribution is -1.99. The fourth-order valence-electron chi connectivity index (χ4n) is 4.89. The van der Waals surface area contributed by atoms with Crippen molar-refractivity contribution in [3.8, 4) is 5.75 Å². The summed E-state index contributed by atoms with van der Waals surface area (Å²) in [6, 6.07) is 34.2. The normalized spacial score (nSPS) is 11.6. The molecule has 4 heteroatoms. The van der Waals surface area contributed by atoms with E-state index in [1.165, 1.54) is 0 Å². The molecule has 6 aromatic rings. The maximum absolute atomic E-state index is 10.2. The zero-order chi connectivity index (χ0) is 25.9. The highest BCUT2D eigenvalue weighted by Gasteiger charge is 2.13. The lowest BCUT2D eigenvalue weighted by molar-refractivity contribution is 0.109. The second-order valence-corrected chi connectivity index (χ2v) is 9.20. The standard InChI is InChI=1S/C34H26N2O2/c1-2-23-14-16-24(17-15-23)21-38-22-31-28-11-5-3-9-26(28)30(27-10-4-6-12-29(27)31)20-35-33-19-18-25-8-7-13-32(37)34(25)36-33/h2-20,37H,1,21-22H2. The summed E-state index contributed by atoms with van der Waals surface area (Å²) in [5.41, 5.74) is 4.95. The van der Waals surface area contributed by atoms with Crippen LogP contribution in [0.5, 0.6) is 5.75 Å². The average molecular weight is 495 g/mol. The first-order chi connectivity index (χ1) is 18.7. The molecular weight excluding hydrogens is 468 g/mol. The number of nitrogens with zero attached hydrogens (tertiary/aromatic N) is 2. The minimum Gasteiger partial charge on any atom is -0.506 e. The Balaban J connectivity index is 1.38. The second kappa shape index (κ2) is 10.3. The highest BCUT2D eigenvalue weighted by atomic mass is 16.5. The molecule has 0 aliphatic rings. The van der Waals surface area contributed by atoms with E-state index in [-0.39, 0.29) is 5.75 Å². The summed E-state index contributed by atoms with van der Waals surface area (Å²) in [6.07, 6.45) is 3.72. The molecule has 1 heterocycles. The first-order valence-electron chi connectivity index (χ1n) is 12.6. The Morgan fingerprint density at radius 3 is 2.11 bits per heavy atom. The van der Waals surface area contributed by atoms with Gasteiger partial charge >= 0.3 is 0 Å². The van der Waals surface area contributed by atoms with Crippen LogP contribution in [0.15, 0.2) is 115 Å². The van der Waals surface area contributed by atoms with Crippen molar-refractivity contribution in [1.82, 2.24) is 4.98 Å². The Morgan fingerprint density at radius 1 is 0.737 bits per heavy atom. The van der Waals surface area contributed by atoms with E-state index < -0.39 is 0 Å². The molecule has 5 aromatic carbocycles. The monoisotopic (exact) mass is 494 g/mol. The van der Waals surface area contributed by atoms with Crippen LogP contribution >= 0.6 is 0 Å². The molecular formula is C34H26N2O2. The summed E-state index contributed by atoms with van der Waals surface area (Å²) in [4.78, 5) is 9.30. The number of hydrogen-bond donors (Lipinski definition) is 1. The van der Waals surface area contributed by atoms with Crippen LogP contribution in [0.3, 0.4) is 0 Å². The van der Waals surface area contributed by atoms with E-state index in [2.05, 4.69) is 72.2 Å². The van der Waals surface area contributed by atoms with Gasteiger partial charge in [0.2, 0.25) is 0 Å². The van der Waals surface area contributed by atoms with Crippen LogP contribution in [0.4, 0.5) is 5.82 Å². The van der Waals surface area contributed by atoms with Crippen molar-refractivity contribution in [2.75, 3.05) is 0 Å². The van der Waals surface area contributed by atoms with Crippen LogP contribution in [0, 0.1) is 0 Å². The van der Waals surface area contributed by atoms with Gasteiger partial charge in [-0.2, -0.15) is 0 Å². The van der Waals surface area contributed by atoms with Crippen molar-refractivity contribution in [3.05, 3.63) is 132 Å². The molecule has 0 saturated carbocycles. The largest absolute Gasteiger partial charge is 0.506 e. The van der Waals surface area contributed by atoms with Crippen LogP contribution in [0.2, 0.25) is 0 Å². The number of ether oxygens (including phenoxy) is 1. The molecule has 0 radical (unpaired) electrons. The minimum atomic E-state index is 0.149. The average Bonchev–Trinajstić information content (AvgIpc) is 2.97. The highest BCUT2D eigenvalue weighted by molar-refractivity contribution is 6.15. The van der Waals surface area contributed by atoms with Crippen molar-refractivity contribution < 1.29 is 9.84 Å². The van der Waals surface area contributed by atoms with E-state index in [9.17, 15) is 5.11 Å². The molecule has 1 aromatic heterocycles. The zero-order valence-corrected chi connectivity index (χ0v) is 20.8. The molecule has 38 heavy (non-hydrogen) atoms. The molecule has 0 bridgehead atoms. The van der Waals surface area contributed by atoms with E-state index in [1.54, 1.807) is 6.07 Å². The van der Waals surface area contributed by atoms with Gasteiger partial charge in [-0.15, -0.1) is 0 Å². The maximum Gasteiger partial charge on any atom is 0.152 e. The van der Waals surface area contributed by atoms with Crippen LogP contribution in [-0.4, -0.2) is 16.3 Å². The summed E-state index contributed by atoms with van der Waals surface area (Å²) in [6.45, 7) is 4.84. The maximum atomic E-state index is 10.2. The first-order valence-corrected chi connectivity index (χ1v) is 12.6. The summed E-state index contributed by atoms with van der Waals surface area (Å²) in [5, 5.41) is 15.6. The van der Waals surface area contributed by atoms with Gasteiger partial charge in [0.25, 0.3) is 0 Å². The van der Waals surface area contributed by atoms with Crippen LogP contribution < -0.4 is 0 Å². The highest BCUT2D eigenvalue weighted by Crippen LogP contribution is 2.33. The third kappa shape index (κ3) is 4.54. The molecule has 0 aliphatic heterocycles. The molecule has 0 unspecified atom stereocenters. The molecule has 0 aliphatic carbocycles. The molecule has 4 nitrogen and oxygen atoms in total. The predicted octanol–water partition coefficient (Wildman–Crippen LogP) is 8.36. The van der Waals surface area contributed by atoms with Gasteiger partial charge in [0.15, 0.2) is 5.82 Å². The smallest absolute Gasteiger partial charge is 0.152 e. The molecule has 0 fully saturated rings. The summed E-state index contributed by atoms with van der Waals surface area (Å²) >= 11 is 0. The molecule has 0 saturated heterocycles. The van der Waals surface area contributed by atoms with Crippen molar-refractivity contribution in [2.24, 2.45) is 4.99 Å². The Kier molecular flexibility index (Phi) is 6.39. The summed E-state index contributed by atoms with van der Waals surface area (Å²) in [7, 11) is 0. The predicted molar refractivity (Wildman–Crippen MR) is 157 cm³/mol. The number of aromatic hydroxyl groups is 1. The van der Waals surface area contributed by atoms with Gasteiger partial charge in [-0.3, -0.25) is 0 Å². The van der Waals surface area contributed by atoms with Gasteiger partial charge in [0.05, 0.1) is 13.2 Å². The summed E-state index contributed by atoms with van der Waals surface area (Å²) in [5.74, 6) is 0.693. The SMILES string of the molecule is C=Cc1ccc(COCc2c3ccccc3c(C=Nc3ccc4cccc(O)c4n3)c3ccccc23)cc1. The van der Waals surface area contributed by atoms with Crippen molar-refractivity contribution in [1.29, 1.82) is 0 Å². The quantitative estimate of drug-likeness (QED) is 0.179. The zero-order valence-electron chi connectivity index (χ0n) is 20.8. The molecule has 1 N–H and O–H groups in total. The van der Waals surface area contributed by atoms with E-state index in [0.29, 0.717) is 24.5 Å². The van der Waals surface area contributed by atoms with E-state index in [0.717, 1.165) is 49.2 Å². The molecule has 0 atom stereocenters. The van der Waals surface area contributed by atoms with Crippen molar-refractivity contribution in [2.45, 2.75) is 13.2 Å². The number of benzene rings is 5. The van der Waals surface area contributed by atoms with Crippen molar-refractivity contribution in [3.63, 3.8) is 0 Å². The van der Waals surface area contributed by atoms with Crippen LogP contribution in [-0.2, 0) is 18.0 Å². The number of fused-ring (bicyclic) bond motifs is 3. The Hall–Kier alpha value is -4.80. The summed E-state index contributed by atoms with van der Waals surface area (Å²) < 4.78 is 6.22. The number of rotatable bonds is 7. The lowest BCUT2D eigenvalue weighted by atomic mass is 9.92. The number of para-hydroxylation sites is 1. The Morgan fingerprint density at radius 2 is 1.42 bits per heavy atom. The number of aliphatic imine (C=N–C) groups is 1. The van der Waals surface area contributed by atoms with Gasteiger partial charge in [-0.25, -0.2) is 9.98 Å². The van der Waals surface area contributed by atoms with Gasteiger partial charge in [0.1, 0.15) is 11.3 Å². The van der Waals surface area contributed by atoms with E-state index >= 15 is 0 Å². The fraction of sp³-hybridized carbons (Fsp3) is 0.0588. The number of hydrogen-bond acceptors (Lipinski definition) is 4. The van der Waals surface area contributed by atoms with E-state index in [4.69, 9.17) is 9.73 Å². The molecule has 0 amide bonds. The van der Waals surface area contributed by atoms with Gasteiger partial charge in [-0.05, 0) is 56.4 Å². The van der Waals surface area contributed by atoms with Crippen LogP contribution in [0.1, 0.15) is 22.3 Å². The van der Waals surface area contributed by atoms with Crippen LogP contribution in [0.25, 0.3) is 38.5 Å². The Bertz CT molecular complexity index is 1760. The number of aromatic nitrogens is 1. The topological polar surface area (TPSA) is 54.7 Å². The molecule has 0 spiro atoms. The van der Waals surface area contributed by atoms with Gasteiger partial charge < -0.3 is 9.84 Å². The number of phenols is 1. The third-order valence-corrected chi connectivity index (χ3v) is 6.83. The van der Waals surface area contributed by atoms with Gasteiger partial charge in [-0.1, -0.05) is 97.6 Å². The first kappa shape index (κ1) is 23.6. The second-order valence-electron chi connectivity index (χ2n) is 9.20. The van der Waals surface area contributed by atoms with E-state index in [1.807, 2.05) is 48.7 Å². The van der Waals surface area contributed by atoms with Gasteiger partial charge in [0, 0.05) is 17.2 Å². The lowest BCUT2D eigenvalue weighted by Gasteiger charge is -2.15. The van der Waals surface area contributed by atoms with Crippen molar-refractivity contribution >= 4 is 50.6 Å².